The molecule has 0 aromatic heterocycles. The first-order valence-electron chi connectivity index (χ1n) is 1.43. The minimum absolute atomic E-state index is 0. The van der Waals surface area contributed by atoms with Crippen molar-refractivity contribution in [3.8, 4) is 0 Å². The number of nitrogens with two attached hydrogens (primary N) is 2. The van der Waals surface area contributed by atoms with Gasteiger partial charge in [-0.2, -0.15) is 0 Å². The van der Waals surface area contributed by atoms with Crippen molar-refractivity contribution in [2.24, 2.45) is 11.5 Å². The van der Waals surface area contributed by atoms with Gasteiger partial charge in [-0.05, 0) is 24.4 Å². The first-order valence-corrected chi connectivity index (χ1v) is 2.25. The topological polar surface area (TPSA) is 92.5 Å². The summed E-state index contributed by atoms with van der Waals surface area (Å²) in [6, 6.07) is 0. The molecule has 0 aliphatic heterocycles. The number of rotatable bonds is 0. The fraction of sp³-hybridized carbons (Fsp3) is 0. The van der Waals surface area contributed by atoms with Crippen LogP contribution in [0.3, 0.4) is 0 Å². The Morgan fingerprint density at radius 3 is 1.00 bits per heavy atom. The third kappa shape index (κ3) is 63700. The van der Waals surface area contributed by atoms with Gasteiger partial charge in [-0.3, -0.25) is 0 Å². The van der Waals surface area contributed by atoms with Crippen LogP contribution in [0.4, 0.5) is 0 Å². The van der Waals surface area contributed by atoms with E-state index in [0.717, 1.165) is 0 Å². The summed E-state index contributed by atoms with van der Waals surface area (Å²) in [5.74, 6) is 0. The number of aliphatic hydroxyl groups excluding tert-OH is 2. The normalized spacial score (nSPS) is 5.33. The molecule has 0 rings (SSSR count). The molecule has 0 aromatic rings. The molecule has 6 N–H and O–H groups in total. The summed E-state index contributed by atoms with van der Waals surface area (Å²) in [6.45, 7) is 0. The molecular weight excluding hydrogens is 244 g/mol. The molecule has 0 bridgehead atoms. The van der Waals surface area contributed by atoms with Crippen molar-refractivity contribution in [3.63, 3.8) is 0 Å². The molecule has 7 heteroatoms. The predicted molar refractivity (Wildman–Crippen MR) is 38.8 cm³/mol. The summed E-state index contributed by atoms with van der Waals surface area (Å²) in [6.07, 6.45) is 0. The quantitative estimate of drug-likeness (QED) is 0.344. The van der Waals surface area contributed by atoms with Gasteiger partial charge in [0.05, 0.1) is 0 Å². The Labute approximate surface area is 77.5 Å². The van der Waals surface area contributed by atoms with Crippen LogP contribution >= 0.6 is 24.4 Å². The van der Waals surface area contributed by atoms with Crippen LogP contribution in [-0.2, 0) is 21.1 Å². The zero-order valence-electron chi connectivity index (χ0n) is 4.27. The third-order valence-corrected chi connectivity index (χ3v) is 0. The van der Waals surface area contributed by atoms with Gasteiger partial charge in [-0.15, -0.1) is 0 Å². The molecule has 0 saturated carbocycles. The van der Waals surface area contributed by atoms with Crippen LogP contribution < -0.4 is 11.5 Å². The van der Waals surface area contributed by atoms with E-state index in [0.29, 0.717) is 0 Å². The van der Waals surface area contributed by atoms with Crippen molar-refractivity contribution in [3.05, 3.63) is 0 Å². The monoisotopic (exact) mass is 252 g/mol. The van der Waals surface area contributed by atoms with Gasteiger partial charge < -0.3 is 21.7 Å². The molecule has 4 nitrogen and oxygen atoms in total. The number of hydrogen-bond donors (Lipinski definition) is 4. The van der Waals surface area contributed by atoms with Crippen LogP contribution in [0.15, 0.2) is 0 Å². The van der Waals surface area contributed by atoms with Crippen molar-refractivity contribution < 1.29 is 31.3 Å². The molecule has 0 fully saturated rings. The number of thiocarbonyl (C=S) groups is 2. The van der Waals surface area contributed by atoms with E-state index in [2.05, 4.69) is 35.9 Å². The molecule has 9 heavy (non-hydrogen) atoms. The maximum Gasteiger partial charge on any atom is 0.251 e. The van der Waals surface area contributed by atoms with E-state index >= 15 is 0 Å². The van der Waals surface area contributed by atoms with Gasteiger partial charge in [0, 0.05) is 21.1 Å². The van der Waals surface area contributed by atoms with Crippen molar-refractivity contribution in [2.75, 3.05) is 0 Å². The molecule has 0 saturated heterocycles. The first kappa shape index (κ1) is 16.0. The molecule has 0 radical (unpaired) electrons. The van der Waals surface area contributed by atoms with Crippen LogP contribution in [0.25, 0.3) is 0 Å². The first-order chi connectivity index (χ1) is 3.46. The van der Waals surface area contributed by atoms with Crippen molar-refractivity contribution in [1.82, 2.24) is 0 Å². The standard InChI is InChI=1S/2CH3NOS.Mo/c2*2-1(3)4;/h2*(H3,2,3,4);. The molecule has 54 valence electrons. The number of aliphatic hydroxyl groups is 2. The maximum atomic E-state index is 7.56. The van der Waals surface area contributed by atoms with E-state index in [-0.39, 0.29) is 21.1 Å². The average molecular weight is 250 g/mol. The van der Waals surface area contributed by atoms with Crippen molar-refractivity contribution >= 4 is 34.8 Å². The second-order valence-electron chi connectivity index (χ2n) is 0.676. The molecule has 0 amide bonds. The summed E-state index contributed by atoms with van der Waals surface area (Å²) in [5.41, 5.74) is 8.80. The third-order valence-electron chi connectivity index (χ3n) is 0. The van der Waals surface area contributed by atoms with E-state index in [9.17, 15) is 0 Å². The minimum Gasteiger partial charge on any atom is -0.487 e. The molecule has 0 heterocycles. The second-order valence-corrected chi connectivity index (χ2v) is 1.51. The van der Waals surface area contributed by atoms with Gasteiger partial charge in [-0.1, -0.05) is 0 Å². The van der Waals surface area contributed by atoms with Gasteiger partial charge in [0.25, 0.3) is 10.3 Å². The van der Waals surface area contributed by atoms with E-state index < -0.39 is 10.3 Å². The fourth-order valence-electron chi connectivity index (χ4n) is 0. The molecule has 0 aliphatic carbocycles. The average Bonchev–Trinajstić information content (AvgIpc) is 1.25. The Hall–Kier alpha value is 0.0683. The van der Waals surface area contributed by atoms with Gasteiger partial charge in [0.1, 0.15) is 0 Å². The SMILES string of the molecule is NC(O)=S.NC(O)=S.[Mo]. The maximum absolute atomic E-state index is 7.56. The van der Waals surface area contributed by atoms with E-state index in [1.54, 1.807) is 0 Å². The van der Waals surface area contributed by atoms with E-state index in [4.69, 9.17) is 10.2 Å². The zero-order chi connectivity index (χ0) is 7.15. The summed E-state index contributed by atoms with van der Waals surface area (Å²) < 4.78 is 0. The molecule has 0 atom stereocenters. The number of hydrogen-bond acceptors (Lipinski definition) is 2. The van der Waals surface area contributed by atoms with Crippen LogP contribution in [-0.4, -0.2) is 20.6 Å². The Balaban J connectivity index is -0.0000000720. The summed E-state index contributed by atoms with van der Waals surface area (Å²) in [5, 5.41) is 14.1. The van der Waals surface area contributed by atoms with Gasteiger partial charge in [0.2, 0.25) is 0 Å². The Morgan fingerprint density at radius 1 is 1.00 bits per heavy atom. The Bertz CT molecular complexity index is 78.6. The summed E-state index contributed by atoms with van der Waals surface area (Å²) >= 11 is 7.74. The summed E-state index contributed by atoms with van der Waals surface area (Å²) in [4.78, 5) is 0. The van der Waals surface area contributed by atoms with Crippen LogP contribution in [0.1, 0.15) is 0 Å². The fourth-order valence-corrected chi connectivity index (χ4v) is 0. The second kappa shape index (κ2) is 10.9. The largest absolute Gasteiger partial charge is 0.487 e. The van der Waals surface area contributed by atoms with E-state index in [1.165, 1.54) is 0 Å². The van der Waals surface area contributed by atoms with Crippen LogP contribution in [0, 0.1) is 0 Å². The van der Waals surface area contributed by atoms with Crippen molar-refractivity contribution in [1.29, 1.82) is 0 Å². The smallest absolute Gasteiger partial charge is 0.251 e. The Morgan fingerprint density at radius 2 is 1.00 bits per heavy atom. The van der Waals surface area contributed by atoms with Gasteiger partial charge in [-0.25, -0.2) is 0 Å². The molecular formula is C2H6MoN2O2S2. The van der Waals surface area contributed by atoms with Gasteiger partial charge in [0.15, 0.2) is 0 Å². The van der Waals surface area contributed by atoms with Crippen LogP contribution in [0.5, 0.6) is 0 Å². The minimum atomic E-state index is -0.500. The van der Waals surface area contributed by atoms with Gasteiger partial charge >= 0.3 is 0 Å². The Kier molecular flexibility index (Phi) is 19.5. The zero-order valence-corrected chi connectivity index (χ0v) is 7.91. The van der Waals surface area contributed by atoms with Crippen molar-refractivity contribution in [2.45, 2.75) is 0 Å². The van der Waals surface area contributed by atoms with E-state index in [1.807, 2.05) is 0 Å². The molecule has 0 aliphatic rings. The molecule has 0 spiro atoms. The summed E-state index contributed by atoms with van der Waals surface area (Å²) in [7, 11) is 0. The van der Waals surface area contributed by atoms with Crippen LogP contribution in [0.2, 0.25) is 0 Å². The molecule has 0 aromatic carbocycles. The predicted octanol–water partition coefficient (Wildman–Crippen LogP) is -0.426. The molecule has 0 unspecified atom stereocenters.